The summed E-state index contributed by atoms with van der Waals surface area (Å²) in [5.41, 5.74) is 5.26. The number of likely N-dealkylation sites (tertiary alicyclic amines) is 1. The van der Waals surface area contributed by atoms with Gasteiger partial charge in [-0.1, -0.05) is 59.8 Å². The number of ether oxygens (including phenoxy) is 1. The van der Waals surface area contributed by atoms with Gasteiger partial charge in [0.15, 0.2) is 6.61 Å². The summed E-state index contributed by atoms with van der Waals surface area (Å²) in [5.74, 6) is 0.835. The second-order valence-electron chi connectivity index (χ2n) is 11.7. The number of rotatable bonds is 9. The van der Waals surface area contributed by atoms with Gasteiger partial charge in [0.2, 0.25) is 11.1 Å². The minimum absolute atomic E-state index is 0.0151. The molecule has 3 heterocycles. The molecule has 1 unspecified atom stereocenters. The number of benzene rings is 3. The van der Waals surface area contributed by atoms with Gasteiger partial charge in [0.1, 0.15) is 17.6 Å². The third-order valence-electron chi connectivity index (χ3n) is 8.29. The number of carbonyl (C=O) groups excluding carboxylic acids is 2. The molecule has 2 aliphatic rings. The number of aryl methyl sites for hydroxylation is 2. The lowest BCUT2D eigenvalue weighted by Gasteiger charge is -2.29. The van der Waals surface area contributed by atoms with Crippen LogP contribution in [0.2, 0.25) is 0 Å². The van der Waals surface area contributed by atoms with E-state index in [1.807, 2.05) is 56.0 Å². The zero-order chi connectivity index (χ0) is 32.2. The molecular formula is C35H37FN6O3S. The number of halogens is 1. The summed E-state index contributed by atoms with van der Waals surface area (Å²) in [6, 6.07) is 19.3. The van der Waals surface area contributed by atoms with E-state index in [0.29, 0.717) is 39.4 Å². The quantitative estimate of drug-likeness (QED) is 0.198. The number of hydrogen-bond donors (Lipinski definition) is 2. The maximum Gasteiger partial charge on any atom is 0.260 e. The number of amides is 2. The zero-order valence-electron chi connectivity index (χ0n) is 26.2. The van der Waals surface area contributed by atoms with Crippen LogP contribution in [0, 0.1) is 19.7 Å². The average molecular weight is 641 g/mol. The van der Waals surface area contributed by atoms with E-state index in [9.17, 15) is 14.0 Å². The van der Waals surface area contributed by atoms with Crippen molar-refractivity contribution in [3.05, 3.63) is 106 Å². The van der Waals surface area contributed by atoms with Crippen LogP contribution in [0.3, 0.4) is 0 Å². The number of carbonyl (C=O) groups is 2. The first-order valence-electron chi connectivity index (χ1n) is 15.5. The van der Waals surface area contributed by atoms with Crippen molar-refractivity contribution in [2.24, 2.45) is 0 Å². The third-order valence-corrected chi connectivity index (χ3v) is 9.18. The van der Waals surface area contributed by atoms with Crippen LogP contribution in [0.25, 0.3) is 0 Å². The van der Waals surface area contributed by atoms with Gasteiger partial charge in [0.25, 0.3) is 11.8 Å². The van der Waals surface area contributed by atoms with Crippen molar-refractivity contribution in [2.75, 3.05) is 30.3 Å². The van der Waals surface area contributed by atoms with Crippen LogP contribution in [0.5, 0.6) is 5.75 Å². The van der Waals surface area contributed by atoms with Gasteiger partial charge >= 0.3 is 0 Å². The Hall–Kier alpha value is -4.64. The first-order valence-corrected chi connectivity index (χ1v) is 16.4. The number of piperidine rings is 1. The molecule has 3 aromatic carbocycles. The number of anilines is 2. The molecule has 2 N–H and O–H groups in total. The summed E-state index contributed by atoms with van der Waals surface area (Å²) >= 11 is 1.32. The van der Waals surface area contributed by atoms with E-state index >= 15 is 0 Å². The lowest BCUT2D eigenvalue weighted by atomic mass is 9.94. The van der Waals surface area contributed by atoms with Crippen molar-refractivity contribution in [3.63, 3.8) is 0 Å². The highest BCUT2D eigenvalue weighted by Gasteiger charge is 2.34. The SMILES string of the molecule is CC1=C(C(=O)Nc2ccc(C)cc2C)C(c2ccc(OCC(=O)N3CCCCC3)cc2)n2nc(SCc3ccccc3F)nc2N1. The standard InChI is InChI=1S/C35H37FN6O3S/c1-22-11-16-29(23(2)19-22)38-33(44)31-24(3)37-34-39-35(46-21-26-9-5-6-10-28(26)36)40-42(34)32(31)25-12-14-27(15-13-25)45-20-30(43)41-17-7-4-8-18-41/h5-6,9-16,19,32H,4,7-8,17-18,20-21H2,1-3H3,(H,38,44)(H,37,39,40). The highest BCUT2D eigenvalue weighted by Crippen LogP contribution is 2.38. The normalized spacial score (nSPS) is 16.1. The van der Waals surface area contributed by atoms with Gasteiger partial charge in [-0.05, 0) is 81.0 Å². The first kappa shape index (κ1) is 31.3. The fraction of sp³-hybridized carbons (Fsp3) is 0.314. The largest absolute Gasteiger partial charge is 0.484 e. The topological polar surface area (TPSA) is 101 Å². The Morgan fingerprint density at radius 3 is 2.52 bits per heavy atom. The van der Waals surface area contributed by atoms with Crippen LogP contribution in [-0.2, 0) is 15.3 Å². The molecule has 0 bridgehead atoms. The zero-order valence-corrected chi connectivity index (χ0v) is 27.0. The fourth-order valence-electron chi connectivity index (χ4n) is 5.82. The fourth-order valence-corrected chi connectivity index (χ4v) is 6.64. The molecule has 0 radical (unpaired) electrons. The minimum atomic E-state index is -0.610. The Bertz CT molecular complexity index is 1780. The van der Waals surface area contributed by atoms with Gasteiger partial charge in [0, 0.05) is 30.2 Å². The van der Waals surface area contributed by atoms with E-state index in [4.69, 9.17) is 9.84 Å². The maximum absolute atomic E-state index is 14.3. The number of thioether (sulfide) groups is 1. The van der Waals surface area contributed by atoms with Crippen LogP contribution >= 0.6 is 11.8 Å². The monoisotopic (exact) mass is 640 g/mol. The Morgan fingerprint density at radius 1 is 1.02 bits per heavy atom. The molecule has 1 atom stereocenters. The Balaban J connectivity index is 1.27. The predicted molar refractivity (Wildman–Crippen MR) is 177 cm³/mol. The number of fused-ring (bicyclic) bond motifs is 1. The maximum atomic E-state index is 14.3. The van der Waals surface area contributed by atoms with E-state index < -0.39 is 6.04 Å². The van der Waals surface area contributed by atoms with E-state index in [1.165, 1.54) is 17.8 Å². The molecular weight excluding hydrogens is 603 g/mol. The van der Waals surface area contributed by atoms with E-state index in [2.05, 4.69) is 15.6 Å². The molecule has 1 aromatic heterocycles. The molecule has 2 aliphatic heterocycles. The van der Waals surface area contributed by atoms with Crippen molar-refractivity contribution in [1.82, 2.24) is 19.7 Å². The second-order valence-corrected chi connectivity index (χ2v) is 12.6. The summed E-state index contributed by atoms with van der Waals surface area (Å²) in [6.07, 6.45) is 3.20. The third kappa shape index (κ3) is 6.94. The Kier molecular flexibility index (Phi) is 9.39. The number of allylic oxidation sites excluding steroid dienone is 1. The molecule has 4 aromatic rings. The van der Waals surface area contributed by atoms with E-state index in [1.54, 1.807) is 35.0 Å². The smallest absolute Gasteiger partial charge is 0.260 e. The number of aromatic nitrogens is 3. The van der Waals surface area contributed by atoms with E-state index in [0.717, 1.165) is 54.7 Å². The predicted octanol–water partition coefficient (Wildman–Crippen LogP) is 6.65. The van der Waals surface area contributed by atoms with Crippen molar-refractivity contribution in [2.45, 2.75) is 57.0 Å². The summed E-state index contributed by atoms with van der Waals surface area (Å²) < 4.78 is 21.8. The van der Waals surface area contributed by atoms with Gasteiger partial charge in [-0.2, -0.15) is 4.98 Å². The highest BCUT2D eigenvalue weighted by atomic mass is 32.2. The van der Waals surface area contributed by atoms with Crippen LogP contribution < -0.4 is 15.4 Å². The molecule has 46 heavy (non-hydrogen) atoms. The van der Waals surface area contributed by atoms with Crippen molar-refractivity contribution in [1.29, 1.82) is 0 Å². The van der Waals surface area contributed by atoms with Crippen molar-refractivity contribution >= 4 is 35.2 Å². The Labute approximate surface area is 272 Å². The lowest BCUT2D eigenvalue weighted by Crippen LogP contribution is -2.38. The Morgan fingerprint density at radius 2 is 1.78 bits per heavy atom. The molecule has 2 amide bonds. The molecule has 1 fully saturated rings. The summed E-state index contributed by atoms with van der Waals surface area (Å²) in [6.45, 7) is 7.34. The summed E-state index contributed by atoms with van der Waals surface area (Å²) in [5, 5.41) is 11.6. The number of nitrogens with zero attached hydrogens (tertiary/aromatic N) is 4. The molecule has 9 nitrogen and oxygen atoms in total. The highest BCUT2D eigenvalue weighted by molar-refractivity contribution is 7.98. The molecule has 0 spiro atoms. The van der Waals surface area contributed by atoms with Gasteiger partial charge < -0.3 is 20.3 Å². The van der Waals surface area contributed by atoms with Gasteiger partial charge in [-0.25, -0.2) is 9.07 Å². The first-order chi connectivity index (χ1) is 22.3. The van der Waals surface area contributed by atoms with E-state index in [-0.39, 0.29) is 24.2 Å². The van der Waals surface area contributed by atoms with Crippen LogP contribution in [0.4, 0.5) is 16.0 Å². The van der Waals surface area contributed by atoms with Crippen LogP contribution in [-0.4, -0.2) is 51.2 Å². The van der Waals surface area contributed by atoms with Crippen molar-refractivity contribution in [3.8, 4) is 5.75 Å². The van der Waals surface area contributed by atoms with Crippen LogP contribution in [0.15, 0.2) is 83.2 Å². The van der Waals surface area contributed by atoms with Gasteiger partial charge in [-0.15, -0.1) is 5.10 Å². The number of nitrogens with one attached hydrogen (secondary N) is 2. The van der Waals surface area contributed by atoms with Crippen LogP contribution in [0.1, 0.15) is 54.5 Å². The number of hydrogen-bond acceptors (Lipinski definition) is 7. The lowest BCUT2D eigenvalue weighted by molar-refractivity contribution is -0.134. The average Bonchev–Trinajstić information content (AvgIpc) is 3.47. The molecule has 11 heteroatoms. The second kappa shape index (κ2) is 13.8. The van der Waals surface area contributed by atoms with Gasteiger partial charge in [0.05, 0.1) is 5.57 Å². The van der Waals surface area contributed by atoms with Gasteiger partial charge in [-0.3, -0.25) is 9.59 Å². The van der Waals surface area contributed by atoms with Crippen molar-refractivity contribution < 1.29 is 18.7 Å². The molecule has 238 valence electrons. The molecule has 6 rings (SSSR count). The molecule has 0 saturated carbocycles. The molecule has 0 aliphatic carbocycles. The summed E-state index contributed by atoms with van der Waals surface area (Å²) in [4.78, 5) is 33.1. The minimum Gasteiger partial charge on any atom is -0.484 e. The molecule has 1 saturated heterocycles. The summed E-state index contributed by atoms with van der Waals surface area (Å²) in [7, 11) is 0.